The van der Waals surface area contributed by atoms with Crippen molar-refractivity contribution in [1.82, 2.24) is 0 Å². The van der Waals surface area contributed by atoms with E-state index in [1.54, 1.807) is 42.5 Å². The Bertz CT molecular complexity index is 816. The average molecular weight is 433 g/mol. The number of hydrogen-bond donors (Lipinski definition) is 1. The number of rotatable bonds is 5. The number of amides is 1. The van der Waals surface area contributed by atoms with Crippen LogP contribution >= 0.6 is 22.6 Å². The van der Waals surface area contributed by atoms with Gasteiger partial charge in [0.15, 0.2) is 11.4 Å². The third kappa shape index (κ3) is 2.78. The Hall–Kier alpha value is -1.99. The van der Waals surface area contributed by atoms with Crippen LogP contribution in [0.2, 0.25) is 0 Å². The van der Waals surface area contributed by atoms with Gasteiger partial charge < -0.3 is 10.0 Å². The highest BCUT2D eigenvalue weighted by Crippen LogP contribution is 2.42. The lowest BCUT2D eigenvalue weighted by Gasteiger charge is -2.22. The Morgan fingerprint density at radius 2 is 1.88 bits per heavy atom. The van der Waals surface area contributed by atoms with Gasteiger partial charge in [-0.1, -0.05) is 36.4 Å². The Balaban J connectivity index is 1.97. The maximum atomic E-state index is 12.8. The molecule has 3 rings (SSSR count). The van der Waals surface area contributed by atoms with Gasteiger partial charge in [-0.25, -0.2) is 0 Å². The number of benzene rings is 2. The number of halogens is 1. The normalized spacial score (nSPS) is 19.2. The minimum Gasteiger partial charge on any atom is -0.375 e. The molecule has 0 saturated heterocycles. The molecule has 4 nitrogen and oxygen atoms in total. The molecule has 1 heterocycles. The highest BCUT2D eigenvalue weighted by molar-refractivity contribution is 14.1. The lowest BCUT2D eigenvalue weighted by atomic mass is 9.88. The number of carbonyl (C=O) groups excluding carboxylic acids is 2. The third-order valence-corrected chi connectivity index (χ3v) is 4.85. The molecule has 0 radical (unpaired) electrons. The first-order chi connectivity index (χ1) is 11.5. The van der Waals surface area contributed by atoms with E-state index in [9.17, 15) is 14.7 Å². The molecule has 1 aliphatic rings. The van der Waals surface area contributed by atoms with Crippen molar-refractivity contribution in [1.29, 1.82) is 0 Å². The molecular weight excluding hydrogens is 417 g/mol. The summed E-state index contributed by atoms with van der Waals surface area (Å²) >= 11 is 2.16. The smallest absolute Gasteiger partial charge is 0.264 e. The van der Waals surface area contributed by atoms with Crippen molar-refractivity contribution >= 4 is 40.0 Å². The number of para-hydroxylation sites is 1. The number of fused-ring (bicyclic) bond motifs is 1. The van der Waals surface area contributed by atoms with Gasteiger partial charge in [0.05, 0.1) is 12.1 Å². The van der Waals surface area contributed by atoms with Crippen LogP contribution in [-0.2, 0) is 10.4 Å². The van der Waals surface area contributed by atoms with Crippen molar-refractivity contribution in [3.05, 3.63) is 75.9 Å². The van der Waals surface area contributed by atoms with Gasteiger partial charge in [-0.15, -0.1) is 6.58 Å². The fourth-order valence-electron chi connectivity index (χ4n) is 2.96. The van der Waals surface area contributed by atoms with Crippen molar-refractivity contribution in [3.8, 4) is 0 Å². The molecule has 0 saturated carbocycles. The summed E-state index contributed by atoms with van der Waals surface area (Å²) < 4.78 is 1.02. The van der Waals surface area contributed by atoms with Crippen LogP contribution < -0.4 is 4.90 Å². The van der Waals surface area contributed by atoms with E-state index >= 15 is 0 Å². The number of hydrogen-bond acceptors (Lipinski definition) is 3. The van der Waals surface area contributed by atoms with Crippen LogP contribution in [0.25, 0.3) is 0 Å². The highest BCUT2D eigenvalue weighted by Gasteiger charge is 2.50. The van der Waals surface area contributed by atoms with Crippen LogP contribution in [0.3, 0.4) is 0 Å². The van der Waals surface area contributed by atoms with Gasteiger partial charge in [-0.05, 0) is 40.8 Å². The fourth-order valence-corrected chi connectivity index (χ4v) is 3.32. The summed E-state index contributed by atoms with van der Waals surface area (Å²) in [7, 11) is 0. The first-order valence-electron chi connectivity index (χ1n) is 7.51. The maximum absolute atomic E-state index is 12.8. The second-order valence-electron chi connectivity index (χ2n) is 5.69. The Morgan fingerprint density at radius 3 is 2.54 bits per heavy atom. The van der Waals surface area contributed by atoms with E-state index in [0.717, 1.165) is 3.57 Å². The van der Waals surface area contributed by atoms with Crippen LogP contribution in [0, 0.1) is 3.57 Å². The van der Waals surface area contributed by atoms with E-state index in [-0.39, 0.29) is 18.7 Å². The standard InChI is InChI=1S/C19H16INO3/c1-2-11-21-16-6-4-3-5-15(16)19(24,18(21)23)12-17(22)13-7-9-14(20)10-8-13/h2-10,24H,1,11-12H2/t19-/m0/s1. The van der Waals surface area contributed by atoms with E-state index in [1.165, 1.54) is 4.90 Å². The van der Waals surface area contributed by atoms with Gasteiger partial charge >= 0.3 is 0 Å². The summed E-state index contributed by atoms with van der Waals surface area (Å²) in [5.74, 6) is -0.750. The summed E-state index contributed by atoms with van der Waals surface area (Å²) in [6, 6.07) is 14.1. The zero-order chi connectivity index (χ0) is 17.3. The van der Waals surface area contributed by atoms with Crippen molar-refractivity contribution in [3.63, 3.8) is 0 Å². The van der Waals surface area contributed by atoms with Crippen molar-refractivity contribution in [2.45, 2.75) is 12.0 Å². The summed E-state index contributed by atoms with van der Waals surface area (Å²) in [4.78, 5) is 26.8. The minimum atomic E-state index is -1.83. The molecule has 122 valence electrons. The number of carbonyl (C=O) groups is 2. The molecular formula is C19H16INO3. The molecule has 1 atom stereocenters. The first-order valence-corrected chi connectivity index (χ1v) is 8.59. The van der Waals surface area contributed by atoms with Gasteiger partial charge in [0.2, 0.25) is 0 Å². The predicted octanol–water partition coefficient (Wildman–Crippen LogP) is 3.28. The molecule has 0 fully saturated rings. The molecule has 5 heteroatoms. The molecule has 1 N–H and O–H groups in total. The SMILES string of the molecule is C=CCN1C(=O)[C@](O)(CC(=O)c2ccc(I)cc2)c2ccccc21. The predicted molar refractivity (Wildman–Crippen MR) is 101 cm³/mol. The molecule has 0 bridgehead atoms. The van der Waals surface area contributed by atoms with Gasteiger partial charge in [0.25, 0.3) is 5.91 Å². The van der Waals surface area contributed by atoms with E-state index < -0.39 is 11.5 Å². The molecule has 2 aromatic carbocycles. The zero-order valence-electron chi connectivity index (χ0n) is 12.9. The number of aliphatic hydroxyl groups is 1. The second-order valence-corrected chi connectivity index (χ2v) is 6.93. The van der Waals surface area contributed by atoms with E-state index in [1.807, 2.05) is 12.1 Å². The van der Waals surface area contributed by atoms with Crippen LogP contribution in [0.5, 0.6) is 0 Å². The second kappa shape index (κ2) is 6.49. The van der Waals surface area contributed by atoms with Gasteiger partial charge in [0, 0.05) is 21.2 Å². The van der Waals surface area contributed by atoms with E-state index in [2.05, 4.69) is 29.2 Å². The highest BCUT2D eigenvalue weighted by atomic mass is 127. The molecule has 2 aromatic rings. The maximum Gasteiger partial charge on any atom is 0.264 e. The topological polar surface area (TPSA) is 57.6 Å². The average Bonchev–Trinajstić information content (AvgIpc) is 2.78. The van der Waals surface area contributed by atoms with E-state index in [4.69, 9.17) is 0 Å². The number of nitrogens with zero attached hydrogens (tertiary/aromatic N) is 1. The number of anilines is 1. The largest absolute Gasteiger partial charge is 0.375 e. The summed E-state index contributed by atoms with van der Waals surface area (Å²) in [6.45, 7) is 3.94. The van der Waals surface area contributed by atoms with Crippen molar-refractivity contribution in [2.24, 2.45) is 0 Å². The lowest BCUT2D eigenvalue weighted by molar-refractivity contribution is -0.135. The minimum absolute atomic E-state index is 0.266. The Morgan fingerprint density at radius 1 is 1.21 bits per heavy atom. The molecule has 0 spiro atoms. The summed E-state index contributed by atoms with van der Waals surface area (Å²) in [5.41, 5.74) is -0.257. The zero-order valence-corrected chi connectivity index (χ0v) is 15.1. The Labute approximate surface area is 153 Å². The van der Waals surface area contributed by atoms with Crippen LogP contribution in [0.4, 0.5) is 5.69 Å². The van der Waals surface area contributed by atoms with Gasteiger partial charge in [0.1, 0.15) is 0 Å². The molecule has 0 unspecified atom stereocenters. The van der Waals surface area contributed by atoms with Gasteiger partial charge in [-0.2, -0.15) is 0 Å². The van der Waals surface area contributed by atoms with Crippen molar-refractivity contribution in [2.75, 3.05) is 11.4 Å². The van der Waals surface area contributed by atoms with E-state index in [0.29, 0.717) is 16.8 Å². The molecule has 0 aromatic heterocycles. The first kappa shape index (κ1) is 16.9. The quantitative estimate of drug-likeness (QED) is 0.448. The monoisotopic (exact) mass is 433 g/mol. The molecule has 1 aliphatic heterocycles. The van der Waals surface area contributed by atoms with Crippen molar-refractivity contribution < 1.29 is 14.7 Å². The van der Waals surface area contributed by atoms with Crippen LogP contribution in [0.1, 0.15) is 22.3 Å². The van der Waals surface area contributed by atoms with Crippen LogP contribution in [0.15, 0.2) is 61.2 Å². The third-order valence-electron chi connectivity index (χ3n) is 4.13. The number of ketones is 1. The Kier molecular flexibility index (Phi) is 4.56. The summed E-state index contributed by atoms with van der Waals surface area (Å²) in [6.07, 6.45) is 1.32. The molecule has 1 amide bonds. The van der Waals surface area contributed by atoms with Gasteiger partial charge in [-0.3, -0.25) is 9.59 Å². The molecule has 0 aliphatic carbocycles. The number of Topliss-reactive ketones (excluding diaryl/α,β-unsaturated/α-hetero) is 1. The fraction of sp³-hybridized carbons (Fsp3) is 0.158. The molecule has 24 heavy (non-hydrogen) atoms. The van der Waals surface area contributed by atoms with Crippen LogP contribution in [-0.4, -0.2) is 23.3 Å². The summed E-state index contributed by atoms with van der Waals surface area (Å²) in [5, 5.41) is 11.0. The lowest BCUT2D eigenvalue weighted by Crippen LogP contribution is -2.41.